The summed E-state index contributed by atoms with van der Waals surface area (Å²) in [6, 6.07) is 5.43. The minimum atomic E-state index is -4.75. The first kappa shape index (κ1) is 24.6. The zero-order valence-electron chi connectivity index (χ0n) is 18.0. The smallest absolute Gasteiger partial charge is 0.308 e. The minimum absolute atomic E-state index is 0.0734. The lowest BCUT2D eigenvalue weighted by atomic mass is 10.0. The number of rotatable bonds is 4. The van der Waals surface area contributed by atoms with E-state index in [1.54, 1.807) is 0 Å². The van der Waals surface area contributed by atoms with E-state index in [1.807, 2.05) is 0 Å². The molecule has 0 aliphatic heterocycles. The molecule has 4 aromatic rings. The number of fused-ring (bicyclic) bond motifs is 1. The number of hydrogen-bond acceptors (Lipinski definition) is 6. The molecular formula is C21H15F6N5O2S. The van der Waals surface area contributed by atoms with Gasteiger partial charge in [-0.1, -0.05) is 19.1 Å². The number of alkyl halides is 6. The Morgan fingerprint density at radius 1 is 0.914 bits per heavy atom. The van der Waals surface area contributed by atoms with Gasteiger partial charge in [0.15, 0.2) is 21.3 Å². The van der Waals surface area contributed by atoms with Crippen LogP contribution in [0.15, 0.2) is 47.6 Å². The van der Waals surface area contributed by atoms with Crippen molar-refractivity contribution in [2.45, 2.75) is 24.2 Å². The largest absolute Gasteiger partial charge is 0.449 e. The van der Waals surface area contributed by atoms with Crippen molar-refractivity contribution in [1.29, 1.82) is 0 Å². The van der Waals surface area contributed by atoms with Crippen LogP contribution in [-0.4, -0.2) is 38.7 Å². The molecule has 0 aliphatic carbocycles. The fraction of sp³-hybridized carbons (Fsp3) is 0.238. The third kappa shape index (κ3) is 4.57. The Bertz CT molecular complexity index is 1540. The third-order valence-corrected chi connectivity index (χ3v) is 6.91. The van der Waals surface area contributed by atoms with E-state index >= 15 is 0 Å². The lowest BCUT2D eigenvalue weighted by Gasteiger charge is -2.12. The summed E-state index contributed by atoms with van der Waals surface area (Å²) in [5.41, 5.74) is -1.38. The Kier molecular flexibility index (Phi) is 5.82. The standard InChI is InChI=1S/C21H15F6N5O2S/c1-3-35(33,34)15-8-12(11-5-4-6-13(7-11)20(22,23)24)9-28-16(15)17-29-10-14-18(31-17)32(2)19(30-14)21(25,26)27/h4-10H,3H2,1-2H3. The molecule has 0 spiro atoms. The van der Waals surface area contributed by atoms with E-state index in [4.69, 9.17) is 0 Å². The maximum Gasteiger partial charge on any atom is 0.449 e. The molecule has 0 atom stereocenters. The zero-order valence-corrected chi connectivity index (χ0v) is 18.8. The summed E-state index contributed by atoms with van der Waals surface area (Å²) >= 11 is 0. The van der Waals surface area contributed by atoms with E-state index < -0.39 is 33.6 Å². The van der Waals surface area contributed by atoms with E-state index in [0.29, 0.717) is 4.57 Å². The van der Waals surface area contributed by atoms with Crippen LogP contribution in [-0.2, 0) is 29.2 Å². The summed E-state index contributed by atoms with van der Waals surface area (Å²) in [7, 11) is -2.89. The normalized spacial score (nSPS) is 12.9. The van der Waals surface area contributed by atoms with Gasteiger partial charge >= 0.3 is 12.4 Å². The lowest BCUT2D eigenvalue weighted by Crippen LogP contribution is -2.12. The molecule has 3 aromatic heterocycles. The van der Waals surface area contributed by atoms with Crippen LogP contribution in [0.1, 0.15) is 18.3 Å². The van der Waals surface area contributed by atoms with Crippen LogP contribution in [0.25, 0.3) is 33.8 Å². The van der Waals surface area contributed by atoms with Gasteiger partial charge in [0, 0.05) is 18.8 Å². The number of aromatic nitrogens is 5. The number of sulfone groups is 1. The highest BCUT2D eigenvalue weighted by atomic mass is 32.2. The Morgan fingerprint density at radius 2 is 1.63 bits per heavy atom. The second-order valence-corrected chi connectivity index (χ2v) is 9.69. The molecule has 0 saturated heterocycles. The molecule has 0 amide bonds. The molecule has 35 heavy (non-hydrogen) atoms. The Hall–Kier alpha value is -3.55. The Labute approximate surface area is 194 Å². The number of pyridine rings is 1. The van der Waals surface area contributed by atoms with E-state index in [-0.39, 0.29) is 44.5 Å². The second-order valence-electron chi connectivity index (χ2n) is 7.45. The summed E-state index contributed by atoms with van der Waals surface area (Å²) < 4.78 is 105. The van der Waals surface area contributed by atoms with Crippen molar-refractivity contribution in [2.24, 2.45) is 7.05 Å². The van der Waals surface area contributed by atoms with Gasteiger partial charge in [-0.05, 0) is 23.8 Å². The van der Waals surface area contributed by atoms with Crippen LogP contribution in [0.3, 0.4) is 0 Å². The molecule has 0 N–H and O–H groups in total. The zero-order chi connectivity index (χ0) is 25.8. The molecular weight excluding hydrogens is 500 g/mol. The molecule has 0 unspecified atom stereocenters. The van der Waals surface area contributed by atoms with Gasteiger partial charge in [-0.15, -0.1) is 0 Å². The van der Waals surface area contributed by atoms with Crippen molar-refractivity contribution in [3.8, 4) is 22.6 Å². The van der Waals surface area contributed by atoms with Crippen molar-refractivity contribution in [2.75, 3.05) is 5.75 Å². The minimum Gasteiger partial charge on any atom is -0.308 e. The number of nitrogens with zero attached hydrogens (tertiary/aromatic N) is 5. The second kappa shape index (κ2) is 8.29. The summed E-state index contributed by atoms with van der Waals surface area (Å²) in [4.78, 5) is 15.2. The number of imidazole rings is 1. The SMILES string of the molecule is CCS(=O)(=O)c1cc(-c2cccc(C(F)(F)F)c2)cnc1-c1ncc2nc(C(F)(F)F)n(C)c2n1. The molecule has 14 heteroatoms. The first-order valence-electron chi connectivity index (χ1n) is 9.90. The van der Waals surface area contributed by atoms with Gasteiger partial charge in [-0.3, -0.25) is 4.98 Å². The molecule has 0 radical (unpaired) electrons. The first-order valence-corrected chi connectivity index (χ1v) is 11.5. The quantitative estimate of drug-likeness (QED) is 0.359. The predicted molar refractivity (Wildman–Crippen MR) is 113 cm³/mol. The van der Waals surface area contributed by atoms with Gasteiger partial charge < -0.3 is 4.57 Å². The average molecular weight is 515 g/mol. The lowest BCUT2D eigenvalue weighted by molar-refractivity contribution is -0.146. The molecule has 0 bridgehead atoms. The summed E-state index contributed by atoms with van der Waals surface area (Å²) in [5, 5.41) is 0. The maximum absolute atomic E-state index is 13.2. The molecule has 0 fully saturated rings. The van der Waals surface area contributed by atoms with E-state index in [9.17, 15) is 34.8 Å². The highest BCUT2D eigenvalue weighted by Gasteiger charge is 2.37. The van der Waals surface area contributed by atoms with Crippen molar-refractivity contribution in [1.82, 2.24) is 24.5 Å². The highest BCUT2D eigenvalue weighted by Crippen LogP contribution is 2.35. The number of aryl methyl sites for hydroxylation is 1. The molecule has 0 saturated carbocycles. The topological polar surface area (TPSA) is 90.6 Å². The molecule has 4 rings (SSSR count). The van der Waals surface area contributed by atoms with Gasteiger partial charge in [0.25, 0.3) is 0 Å². The molecule has 184 valence electrons. The van der Waals surface area contributed by atoms with Crippen molar-refractivity contribution < 1.29 is 34.8 Å². The summed E-state index contributed by atoms with van der Waals surface area (Å²) in [5.74, 6) is -1.87. The number of hydrogen-bond donors (Lipinski definition) is 0. The van der Waals surface area contributed by atoms with Gasteiger partial charge in [0.05, 0.1) is 22.4 Å². The first-order chi connectivity index (χ1) is 16.2. The average Bonchev–Trinajstić information content (AvgIpc) is 3.14. The van der Waals surface area contributed by atoms with Crippen molar-refractivity contribution in [3.63, 3.8) is 0 Å². The van der Waals surface area contributed by atoms with E-state index in [1.165, 1.54) is 19.1 Å². The van der Waals surface area contributed by atoms with Gasteiger partial charge in [0.2, 0.25) is 5.82 Å². The predicted octanol–water partition coefficient (Wildman–Crippen LogP) is 4.92. The molecule has 3 heterocycles. The summed E-state index contributed by atoms with van der Waals surface area (Å²) in [6.45, 7) is 1.36. The number of halogens is 6. The van der Waals surface area contributed by atoms with Crippen LogP contribution in [0.4, 0.5) is 26.3 Å². The van der Waals surface area contributed by atoms with Crippen molar-refractivity contribution in [3.05, 3.63) is 54.1 Å². The molecule has 0 aliphatic rings. The number of benzene rings is 1. The fourth-order valence-corrected chi connectivity index (χ4v) is 4.44. The highest BCUT2D eigenvalue weighted by molar-refractivity contribution is 7.91. The Balaban J connectivity index is 1.91. The van der Waals surface area contributed by atoms with Crippen LogP contribution < -0.4 is 0 Å². The van der Waals surface area contributed by atoms with Crippen LogP contribution in [0.5, 0.6) is 0 Å². The monoisotopic (exact) mass is 515 g/mol. The molecule has 7 nitrogen and oxygen atoms in total. The van der Waals surface area contributed by atoms with E-state index in [2.05, 4.69) is 19.9 Å². The summed E-state index contributed by atoms with van der Waals surface area (Å²) in [6.07, 6.45) is -7.20. The maximum atomic E-state index is 13.2. The van der Waals surface area contributed by atoms with Gasteiger partial charge in [-0.2, -0.15) is 26.3 Å². The van der Waals surface area contributed by atoms with Gasteiger partial charge in [-0.25, -0.2) is 23.4 Å². The van der Waals surface area contributed by atoms with Gasteiger partial charge in [0.1, 0.15) is 11.2 Å². The van der Waals surface area contributed by atoms with Crippen molar-refractivity contribution >= 4 is 21.0 Å². The Morgan fingerprint density at radius 3 is 2.26 bits per heavy atom. The van der Waals surface area contributed by atoms with Crippen LogP contribution >= 0.6 is 0 Å². The van der Waals surface area contributed by atoms with E-state index in [0.717, 1.165) is 37.6 Å². The van der Waals surface area contributed by atoms with Crippen LogP contribution in [0.2, 0.25) is 0 Å². The van der Waals surface area contributed by atoms with Crippen LogP contribution in [0, 0.1) is 0 Å². The third-order valence-electron chi connectivity index (χ3n) is 5.17. The fourth-order valence-electron chi connectivity index (χ4n) is 3.39. The molecule has 1 aromatic carbocycles.